The summed E-state index contributed by atoms with van der Waals surface area (Å²) in [5, 5.41) is 4.20. The highest BCUT2D eigenvalue weighted by molar-refractivity contribution is 5.92. The van der Waals surface area contributed by atoms with Crippen LogP contribution in [0.25, 0.3) is 22.3 Å². The molecule has 0 spiro atoms. The highest BCUT2D eigenvalue weighted by Gasteiger charge is 2.30. The van der Waals surface area contributed by atoms with E-state index in [1.165, 1.54) is 0 Å². The fraction of sp³-hybridized carbons (Fsp3) is 0.308. The van der Waals surface area contributed by atoms with Gasteiger partial charge in [0.2, 0.25) is 0 Å². The van der Waals surface area contributed by atoms with Gasteiger partial charge in [-0.15, -0.1) is 0 Å². The van der Waals surface area contributed by atoms with E-state index < -0.39 is 0 Å². The van der Waals surface area contributed by atoms with Crippen molar-refractivity contribution in [1.82, 2.24) is 30.2 Å². The lowest BCUT2D eigenvalue weighted by atomic mass is 10.0. The zero-order valence-corrected chi connectivity index (χ0v) is 19.5. The number of nitrogens with zero attached hydrogens (tertiary/aromatic N) is 5. The summed E-state index contributed by atoms with van der Waals surface area (Å²) in [6, 6.07) is 16.2. The third-order valence-corrected chi connectivity index (χ3v) is 6.49. The molecular weight excluding hydrogens is 426 g/mol. The second-order valence-corrected chi connectivity index (χ2v) is 8.69. The minimum absolute atomic E-state index is 0.00637. The van der Waals surface area contributed by atoms with Crippen molar-refractivity contribution in [3.8, 4) is 11.3 Å². The van der Waals surface area contributed by atoms with Crippen LogP contribution < -0.4 is 10.2 Å². The quantitative estimate of drug-likeness (QED) is 0.466. The number of anilines is 1. The number of H-pyrrole nitrogens is 1. The molecule has 5 rings (SSSR count). The first-order chi connectivity index (χ1) is 16.6. The second kappa shape index (κ2) is 9.51. The van der Waals surface area contributed by atoms with Gasteiger partial charge in [-0.1, -0.05) is 37.3 Å². The smallest absolute Gasteiger partial charge is 0.318 e. The molecule has 1 aliphatic heterocycles. The summed E-state index contributed by atoms with van der Waals surface area (Å²) in [6.45, 7) is 6.23. The molecule has 0 saturated carbocycles. The van der Waals surface area contributed by atoms with Gasteiger partial charge in [-0.25, -0.2) is 14.8 Å². The van der Waals surface area contributed by atoms with Crippen molar-refractivity contribution < 1.29 is 4.79 Å². The van der Waals surface area contributed by atoms with Crippen LogP contribution in [-0.2, 0) is 0 Å². The molecule has 1 aliphatic rings. The predicted octanol–water partition coefficient (Wildman–Crippen LogP) is 4.39. The molecule has 2 N–H and O–H groups in total. The summed E-state index contributed by atoms with van der Waals surface area (Å²) in [5.41, 5.74) is 3.97. The molecule has 0 bridgehead atoms. The number of amides is 2. The topological polar surface area (TPSA) is 90.0 Å². The van der Waals surface area contributed by atoms with Gasteiger partial charge in [-0.3, -0.25) is 4.98 Å². The molecule has 0 aliphatic carbocycles. The van der Waals surface area contributed by atoms with Gasteiger partial charge in [-0.05, 0) is 37.1 Å². The number of fused-ring (bicyclic) bond motifs is 1. The number of pyridine rings is 1. The maximum absolute atomic E-state index is 13.1. The average molecular weight is 456 g/mol. The monoisotopic (exact) mass is 455 g/mol. The lowest BCUT2D eigenvalue weighted by molar-refractivity contribution is 0.167. The zero-order valence-electron chi connectivity index (χ0n) is 19.5. The van der Waals surface area contributed by atoms with Crippen molar-refractivity contribution in [2.24, 2.45) is 0 Å². The van der Waals surface area contributed by atoms with E-state index in [1.807, 2.05) is 35.2 Å². The highest BCUT2D eigenvalue weighted by atomic mass is 16.2. The number of hydrogen-bond donors (Lipinski definition) is 2. The van der Waals surface area contributed by atoms with E-state index in [0.717, 1.165) is 40.1 Å². The molecule has 1 fully saturated rings. The van der Waals surface area contributed by atoms with Crippen LogP contribution in [0.4, 0.5) is 10.6 Å². The highest BCUT2D eigenvalue weighted by Crippen LogP contribution is 2.30. The Morgan fingerprint density at radius 1 is 1.15 bits per heavy atom. The number of carbonyl (C=O) groups is 1. The number of rotatable bonds is 5. The number of hydrogen-bond acceptors (Lipinski definition) is 5. The van der Waals surface area contributed by atoms with Crippen LogP contribution in [0.3, 0.4) is 0 Å². The molecule has 1 aromatic carbocycles. The van der Waals surface area contributed by atoms with Gasteiger partial charge in [0.05, 0.1) is 11.4 Å². The van der Waals surface area contributed by atoms with Gasteiger partial charge in [0, 0.05) is 49.3 Å². The van der Waals surface area contributed by atoms with E-state index in [2.05, 4.69) is 62.2 Å². The maximum Gasteiger partial charge on any atom is 0.318 e. The number of nitrogens with one attached hydrogen (secondary N) is 2. The Morgan fingerprint density at radius 3 is 2.68 bits per heavy atom. The largest absolute Gasteiger partial charge is 0.352 e. The van der Waals surface area contributed by atoms with Crippen LogP contribution >= 0.6 is 0 Å². The van der Waals surface area contributed by atoms with Crippen LogP contribution in [0.2, 0.25) is 0 Å². The van der Waals surface area contributed by atoms with Crippen molar-refractivity contribution in [3.05, 3.63) is 72.8 Å². The molecule has 34 heavy (non-hydrogen) atoms. The summed E-state index contributed by atoms with van der Waals surface area (Å²) < 4.78 is 0. The van der Waals surface area contributed by atoms with Crippen molar-refractivity contribution in [2.45, 2.75) is 32.4 Å². The van der Waals surface area contributed by atoms with E-state index in [9.17, 15) is 4.79 Å². The van der Waals surface area contributed by atoms with Crippen molar-refractivity contribution in [1.29, 1.82) is 0 Å². The first kappa shape index (κ1) is 21.9. The molecule has 0 radical (unpaired) electrons. The van der Waals surface area contributed by atoms with Crippen LogP contribution in [0.5, 0.6) is 0 Å². The van der Waals surface area contributed by atoms with Crippen LogP contribution in [0, 0.1) is 0 Å². The Hall–Kier alpha value is -3.94. The number of aromatic amines is 1. The van der Waals surface area contributed by atoms with E-state index in [0.29, 0.717) is 19.6 Å². The number of benzene rings is 1. The van der Waals surface area contributed by atoms with E-state index >= 15 is 0 Å². The third-order valence-electron chi connectivity index (χ3n) is 6.49. The SMILES string of the molecule is CC[C@H](NC(=O)N1CCN(c2ncnc3[nH]c(-c4ccncc4)cc23)C[C@@H]1C)c1ccccc1. The van der Waals surface area contributed by atoms with Gasteiger partial charge in [0.15, 0.2) is 0 Å². The van der Waals surface area contributed by atoms with Gasteiger partial charge in [-0.2, -0.15) is 0 Å². The molecule has 2 atom stereocenters. The van der Waals surface area contributed by atoms with Crippen molar-refractivity contribution >= 4 is 22.9 Å². The molecule has 8 heteroatoms. The normalized spacial score (nSPS) is 17.1. The Balaban J connectivity index is 1.31. The molecule has 4 heterocycles. The zero-order chi connectivity index (χ0) is 23.5. The van der Waals surface area contributed by atoms with Crippen LogP contribution in [0.1, 0.15) is 31.9 Å². The molecule has 8 nitrogen and oxygen atoms in total. The Kier molecular flexibility index (Phi) is 6.12. The van der Waals surface area contributed by atoms with Crippen LogP contribution in [-0.4, -0.2) is 56.5 Å². The molecule has 1 saturated heterocycles. The Bertz CT molecular complexity index is 1260. The summed E-state index contributed by atoms with van der Waals surface area (Å²) in [5.74, 6) is 0.893. The molecular formula is C26H29N7O. The summed E-state index contributed by atoms with van der Waals surface area (Å²) in [7, 11) is 0. The Morgan fingerprint density at radius 2 is 1.94 bits per heavy atom. The average Bonchev–Trinajstić information content (AvgIpc) is 3.33. The number of urea groups is 1. The molecule has 2 amide bonds. The third kappa shape index (κ3) is 4.31. The summed E-state index contributed by atoms with van der Waals surface area (Å²) >= 11 is 0. The lowest BCUT2D eigenvalue weighted by Gasteiger charge is -2.41. The van der Waals surface area contributed by atoms with E-state index in [-0.39, 0.29) is 18.1 Å². The minimum atomic E-state index is -0.0164. The van der Waals surface area contributed by atoms with Crippen molar-refractivity contribution in [3.63, 3.8) is 0 Å². The molecule has 174 valence electrons. The number of piperazine rings is 1. The summed E-state index contributed by atoms with van der Waals surface area (Å²) in [6.07, 6.45) is 6.00. The van der Waals surface area contributed by atoms with Gasteiger partial charge >= 0.3 is 6.03 Å². The predicted molar refractivity (Wildman–Crippen MR) is 134 cm³/mol. The van der Waals surface area contributed by atoms with Crippen molar-refractivity contribution in [2.75, 3.05) is 24.5 Å². The fourth-order valence-electron chi connectivity index (χ4n) is 4.66. The first-order valence-electron chi connectivity index (χ1n) is 11.7. The van der Waals surface area contributed by atoms with Crippen LogP contribution in [0.15, 0.2) is 67.3 Å². The standard InChI is InChI=1S/C26H29N7O/c1-3-22(19-7-5-4-6-8-19)31-26(34)33-14-13-32(16-18(33)2)25-21-15-23(20-9-11-27-12-10-20)30-24(21)28-17-29-25/h4-12,15,17-18,22H,3,13-14,16H2,1-2H3,(H,31,34)(H,28,29,30)/t18-,22-/m0/s1. The van der Waals surface area contributed by atoms with E-state index in [1.54, 1.807) is 18.7 Å². The maximum atomic E-state index is 13.1. The minimum Gasteiger partial charge on any atom is -0.352 e. The van der Waals surface area contributed by atoms with Gasteiger partial charge in [0.1, 0.15) is 17.8 Å². The van der Waals surface area contributed by atoms with Gasteiger partial charge in [0.25, 0.3) is 0 Å². The van der Waals surface area contributed by atoms with E-state index in [4.69, 9.17) is 0 Å². The molecule has 3 aromatic heterocycles. The Labute approximate surface area is 199 Å². The number of carbonyl (C=O) groups excluding carboxylic acids is 1. The molecule has 4 aromatic rings. The second-order valence-electron chi connectivity index (χ2n) is 8.69. The fourth-order valence-corrected chi connectivity index (χ4v) is 4.66. The molecule has 0 unspecified atom stereocenters. The number of aromatic nitrogens is 4. The first-order valence-corrected chi connectivity index (χ1v) is 11.7. The van der Waals surface area contributed by atoms with Gasteiger partial charge < -0.3 is 20.1 Å². The summed E-state index contributed by atoms with van der Waals surface area (Å²) in [4.78, 5) is 33.8. The lowest BCUT2D eigenvalue weighted by Crippen LogP contribution is -2.57.